The molecule has 4 rings (SSSR count). The van der Waals surface area contributed by atoms with Crippen LogP contribution in [0, 0.1) is 5.92 Å². The predicted molar refractivity (Wildman–Crippen MR) is 97.8 cm³/mol. The average Bonchev–Trinajstić information content (AvgIpc) is 3.33. The minimum absolute atomic E-state index is 0.387. The number of aromatic nitrogens is 5. The molecule has 3 heterocycles. The van der Waals surface area contributed by atoms with E-state index in [-0.39, 0.29) is 0 Å². The van der Waals surface area contributed by atoms with Crippen molar-refractivity contribution in [2.75, 3.05) is 29.9 Å². The molecule has 0 amide bonds. The molecule has 0 radical (unpaired) electrons. The van der Waals surface area contributed by atoms with Crippen LogP contribution in [0.15, 0.2) is 18.7 Å². The van der Waals surface area contributed by atoms with Crippen molar-refractivity contribution < 1.29 is 0 Å². The van der Waals surface area contributed by atoms with E-state index in [1.807, 2.05) is 6.33 Å². The van der Waals surface area contributed by atoms with E-state index >= 15 is 0 Å². The number of hydrogen-bond acceptors (Lipinski definition) is 6. The SMILES string of the molecule is CC(C)n1cnnc1C1CCCN(c2cc(NCC3CC3)ncn2)C1. The molecule has 1 aliphatic heterocycles. The standard InChI is InChI=1S/C18H27N7/c1-13(2)25-12-22-23-18(25)15-4-3-7-24(10-15)17-8-16(20-11-21-17)19-9-14-5-6-14/h8,11-15H,3-7,9-10H2,1-2H3,(H,19,20,21). The van der Waals surface area contributed by atoms with Crippen molar-refractivity contribution in [2.45, 2.75) is 51.5 Å². The fourth-order valence-corrected chi connectivity index (χ4v) is 3.53. The average molecular weight is 341 g/mol. The van der Waals surface area contributed by atoms with Gasteiger partial charge in [0, 0.05) is 37.7 Å². The van der Waals surface area contributed by atoms with Gasteiger partial charge in [-0.1, -0.05) is 0 Å². The Morgan fingerprint density at radius 3 is 2.92 bits per heavy atom. The number of nitrogens with one attached hydrogen (secondary N) is 1. The lowest BCUT2D eigenvalue weighted by atomic mass is 9.97. The zero-order chi connectivity index (χ0) is 17.2. The quantitative estimate of drug-likeness (QED) is 0.871. The Kier molecular flexibility index (Phi) is 4.55. The largest absolute Gasteiger partial charge is 0.370 e. The molecule has 0 bridgehead atoms. The Bertz CT molecular complexity index is 707. The first-order chi connectivity index (χ1) is 12.2. The molecule has 1 atom stereocenters. The van der Waals surface area contributed by atoms with Crippen LogP contribution < -0.4 is 10.2 Å². The van der Waals surface area contributed by atoms with Crippen LogP contribution in [0.25, 0.3) is 0 Å². The van der Waals surface area contributed by atoms with Gasteiger partial charge in [0.1, 0.15) is 30.1 Å². The van der Waals surface area contributed by atoms with Gasteiger partial charge in [0.05, 0.1) is 0 Å². The van der Waals surface area contributed by atoms with Crippen LogP contribution in [0.5, 0.6) is 0 Å². The van der Waals surface area contributed by atoms with Crippen LogP contribution in [-0.4, -0.2) is 44.4 Å². The number of nitrogens with zero attached hydrogens (tertiary/aromatic N) is 6. The van der Waals surface area contributed by atoms with Crippen LogP contribution in [0.4, 0.5) is 11.6 Å². The van der Waals surface area contributed by atoms with Gasteiger partial charge in [0.2, 0.25) is 0 Å². The van der Waals surface area contributed by atoms with Crippen molar-refractivity contribution in [1.82, 2.24) is 24.7 Å². The Hall–Kier alpha value is -2.18. The molecule has 1 unspecified atom stereocenters. The van der Waals surface area contributed by atoms with Crippen LogP contribution >= 0.6 is 0 Å². The van der Waals surface area contributed by atoms with Gasteiger partial charge in [0.25, 0.3) is 0 Å². The van der Waals surface area contributed by atoms with Crippen LogP contribution in [0.2, 0.25) is 0 Å². The van der Waals surface area contributed by atoms with E-state index < -0.39 is 0 Å². The van der Waals surface area contributed by atoms with E-state index in [2.05, 4.69) is 54.9 Å². The van der Waals surface area contributed by atoms with E-state index in [0.717, 1.165) is 55.9 Å². The van der Waals surface area contributed by atoms with Gasteiger partial charge in [-0.2, -0.15) is 0 Å². The summed E-state index contributed by atoms with van der Waals surface area (Å²) in [6.07, 6.45) is 8.50. The summed E-state index contributed by atoms with van der Waals surface area (Å²) in [7, 11) is 0. The highest BCUT2D eigenvalue weighted by Crippen LogP contribution is 2.31. The number of rotatable bonds is 6. The third-order valence-corrected chi connectivity index (χ3v) is 5.19. The minimum Gasteiger partial charge on any atom is -0.370 e. The molecule has 1 saturated heterocycles. The van der Waals surface area contributed by atoms with E-state index in [1.54, 1.807) is 6.33 Å². The summed E-state index contributed by atoms with van der Waals surface area (Å²) < 4.78 is 2.19. The number of piperidine rings is 1. The lowest BCUT2D eigenvalue weighted by Gasteiger charge is -2.33. The molecular formula is C18H27N7. The second-order valence-electron chi connectivity index (χ2n) is 7.56. The molecule has 1 N–H and O–H groups in total. The lowest BCUT2D eigenvalue weighted by molar-refractivity contribution is 0.453. The van der Waals surface area contributed by atoms with E-state index in [1.165, 1.54) is 12.8 Å². The second kappa shape index (κ2) is 6.98. The van der Waals surface area contributed by atoms with Gasteiger partial charge >= 0.3 is 0 Å². The van der Waals surface area contributed by atoms with Crippen molar-refractivity contribution in [1.29, 1.82) is 0 Å². The van der Waals surface area contributed by atoms with Gasteiger partial charge in [-0.05, 0) is 45.4 Å². The summed E-state index contributed by atoms with van der Waals surface area (Å²) in [5.41, 5.74) is 0. The van der Waals surface area contributed by atoms with Gasteiger partial charge in [-0.25, -0.2) is 9.97 Å². The maximum absolute atomic E-state index is 4.51. The first-order valence-corrected chi connectivity index (χ1v) is 9.41. The normalized spacial score (nSPS) is 20.9. The molecule has 7 nitrogen and oxygen atoms in total. The highest BCUT2D eigenvalue weighted by molar-refractivity contribution is 5.49. The molecular weight excluding hydrogens is 314 g/mol. The fraction of sp³-hybridized carbons (Fsp3) is 0.667. The highest BCUT2D eigenvalue weighted by atomic mass is 15.3. The number of hydrogen-bond donors (Lipinski definition) is 1. The molecule has 2 aromatic rings. The highest BCUT2D eigenvalue weighted by Gasteiger charge is 2.27. The van der Waals surface area contributed by atoms with Crippen molar-refractivity contribution in [2.24, 2.45) is 5.92 Å². The van der Waals surface area contributed by atoms with Crippen molar-refractivity contribution in [3.8, 4) is 0 Å². The van der Waals surface area contributed by atoms with Gasteiger partial charge in [-0.15, -0.1) is 10.2 Å². The van der Waals surface area contributed by atoms with E-state index in [0.29, 0.717) is 12.0 Å². The monoisotopic (exact) mass is 341 g/mol. The van der Waals surface area contributed by atoms with Gasteiger partial charge in [-0.3, -0.25) is 0 Å². The number of anilines is 2. The molecule has 2 aromatic heterocycles. The Morgan fingerprint density at radius 1 is 1.24 bits per heavy atom. The summed E-state index contributed by atoms with van der Waals surface area (Å²) in [5, 5.41) is 12.0. The molecule has 0 aromatic carbocycles. The summed E-state index contributed by atoms with van der Waals surface area (Å²) >= 11 is 0. The third kappa shape index (κ3) is 3.75. The van der Waals surface area contributed by atoms with Crippen molar-refractivity contribution >= 4 is 11.6 Å². The fourth-order valence-electron chi connectivity index (χ4n) is 3.53. The van der Waals surface area contributed by atoms with E-state index in [9.17, 15) is 0 Å². The summed E-state index contributed by atoms with van der Waals surface area (Å²) in [6, 6.07) is 2.47. The Morgan fingerprint density at radius 2 is 2.12 bits per heavy atom. The zero-order valence-electron chi connectivity index (χ0n) is 15.1. The Labute approximate surface area is 148 Å². The third-order valence-electron chi connectivity index (χ3n) is 5.19. The van der Waals surface area contributed by atoms with Crippen LogP contribution in [0.1, 0.15) is 57.3 Å². The van der Waals surface area contributed by atoms with Crippen molar-refractivity contribution in [3.05, 3.63) is 24.5 Å². The molecule has 25 heavy (non-hydrogen) atoms. The van der Waals surface area contributed by atoms with Gasteiger partial charge in [0.15, 0.2) is 0 Å². The smallest absolute Gasteiger partial charge is 0.137 e. The lowest BCUT2D eigenvalue weighted by Crippen LogP contribution is -2.36. The molecule has 0 spiro atoms. The molecule has 2 aliphatic rings. The summed E-state index contributed by atoms with van der Waals surface area (Å²) in [4.78, 5) is 11.2. The first-order valence-electron chi connectivity index (χ1n) is 9.41. The molecule has 134 valence electrons. The van der Waals surface area contributed by atoms with Gasteiger partial charge < -0.3 is 14.8 Å². The van der Waals surface area contributed by atoms with Crippen molar-refractivity contribution in [3.63, 3.8) is 0 Å². The molecule has 2 fully saturated rings. The van der Waals surface area contributed by atoms with Crippen LogP contribution in [0.3, 0.4) is 0 Å². The first kappa shape index (κ1) is 16.3. The second-order valence-corrected chi connectivity index (χ2v) is 7.56. The zero-order valence-corrected chi connectivity index (χ0v) is 15.1. The predicted octanol–water partition coefficient (Wildman–Crippen LogP) is 2.85. The maximum Gasteiger partial charge on any atom is 0.137 e. The summed E-state index contributed by atoms with van der Waals surface area (Å²) in [5.74, 6) is 4.27. The minimum atomic E-state index is 0.387. The molecule has 7 heteroatoms. The summed E-state index contributed by atoms with van der Waals surface area (Å²) in [6.45, 7) is 7.35. The van der Waals surface area contributed by atoms with E-state index in [4.69, 9.17) is 0 Å². The maximum atomic E-state index is 4.51. The topological polar surface area (TPSA) is 71.8 Å². The molecule has 1 saturated carbocycles. The van der Waals surface area contributed by atoms with Crippen LogP contribution in [-0.2, 0) is 0 Å². The Balaban J connectivity index is 1.47. The molecule has 1 aliphatic carbocycles.